The number of rotatable bonds is 6. The van der Waals surface area contributed by atoms with E-state index >= 15 is 0 Å². The number of aryl methyl sites for hydroxylation is 2. The maximum Gasteiger partial charge on any atom is 0.229 e. The number of methoxy groups -OCH3 is 1. The first-order valence-electron chi connectivity index (χ1n) is 8.29. The summed E-state index contributed by atoms with van der Waals surface area (Å²) in [6.07, 6.45) is 0. The average molecular weight is 369 g/mol. The van der Waals surface area contributed by atoms with Crippen LogP contribution < -0.4 is 15.4 Å². The molecule has 26 heavy (non-hydrogen) atoms. The fourth-order valence-corrected chi connectivity index (χ4v) is 2.74. The molecule has 2 aromatic carbocycles. The Bertz CT molecular complexity index is 897. The molecule has 3 rings (SSSR count). The predicted molar refractivity (Wildman–Crippen MR) is 107 cm³/mol. The second-order valence-electron chi connectivity index (χ2n) is 6.03. The largest absolute Gasteiger partial charge is 0.495 e. The maximum absolute atomic E-state index is 6.17. The molecule has 0 saturated heterocycles. The molecular weight excluding hydrogens is 348 g/mol. The van der Waals surface area contributed by atoms with E-state index in [1.54, 1.807) is 19.2 Å². The van der Waals surface area contributed by atoms with Crippen LogP contribution in [-0.4, -0.2) is 17.1 Å². The Morgan fingerprint density at radius 2 is 1.77 bits per heavy atom. The van der Waals surface area contributed by atoms with E-state index in [1.807, 2.05) is 19.1 Å². The molecule has 0 bridgehead atoms. The summed E-state index contributed by atoms with van der Waals surface area (Å²) >= 11 is 6.17. The van der Waals surface area contributed by atoms with Crippen LogP contribution in [0.4, 0.5) is 17.5 Å². The first-order valence-corrected chi connectivity index (χ1v) is 8.67. The lowest BCUT2D eigenvalue weighted by Gasteiger charge is -2.11. The van der Waals surface area contributed by atoms with Crippen molar-refractivity contribution in [3.05, 3.63) is 70.4 Å². The highest BCUT2D eigenvalue weighted by molar-refractivity contribution is 6.32. The van der Waals surface area contributed by atoms with Crippen LogP contribution in [0.25, 0.3) is 0 Å². The molecule has 1 heterocycles. The van der Waals surface area contributed by atoms with Gasteiger partial charge in [-0.3, -0.25) is 0 Å². The lowest BCUT2D eigenvalue weighted by molar-refractivity contribution is 0.415. The van der Waals surface area contributed by atoms with Crippen molar-refractivity contribution < 1.29 is 4.74 Å². The van der Waals surface area contributed by atoms with Crippen molar-refractivity contribution in [1.82, 2.24) is 9.97 Å². The molecule has 0 aliphatic heterocycles. The lowest BCUT2D eigenvalue weighted by Crippen LogP contribution is -2.05. The second kappa shape index (κ2) is 8.06. The molecule has 6 heteroatoms. The van der Waals surface area contributed by atoms with Gasteiger partial charge in [0.05, 0.1) is 12.1 Å². The number of nitrogens with zero attached hydrogens (tertiary/aromatic N) is 2. The number of benzene rings is 2. The zero-order valence-electron chi connectivity index (χ0n) is 15.0. The fraction of sp³-hybridized carbons (Fsp3) is 0.200. The quantitative estimate of drug-likeness (QED) is 0.633. The molecule has 5 nitrogen and oxygen atoms in total. The molecule has 0 amide bonds. The molecule has 1 aromatic heterocycles. The number of ether oxygens (including phenoxy) is 1. The first kappa shape index (κ1) is 18.0. The van der Waals surface area contributed by atoms with E-state index in [4.69, 9.17) is 16.3 Å². The SMILES string of the molecule is COc1ccc(Nc2nc(C)cc(NCc3ccc(C)cc3)n2)cc1Cl. The van der Waals surface area contributed by atoms with Crippen molar-refractivity contribution in [3.8, 4) is 5.75 Å². The van der Waals surface area contributed by atoms with Crippen LogP contribution in [0.5, 0.6) is 5.75 Å². The van der Waals surface area contributed by atoms with Gasteiger partial charge in [-0.05, 0) is 37.6 Å². The number of anilines is 3. The summed E-state index contributed by atoms with van der Waals surface area (Å²) in [5, 5.41) is 7.05. The normalized spacial score (nSPS) is 10.5. The Kier molecular flexibility index (Phi) is 5.58. The van der Waals surface area contributed by atoms with E-state index in [1.165, 1.54) is 11.1 Å². The summed E-state index contributed by atoms with van der Waals surface area (Å²) in [5.41, 5.74) is 4.11. The van der Waals surface area contributed by atoms with Gasteiger partial charge in [-0.25, -0.2) is 4.98 Å². The Morgan fingerprint density at radius 1 is 1.00 bits per heavy atom. The van der Waals surface area contributed by atoms with Crippen molar-refractivity contribution >= 4 is 29.1 Å². The standard InChI is InChI=1S/C20H21ClN4O/c1-13-4-6-15(7-5-13)12-22-19-10-14(2)23-20(25-19)24-16-8-9-18(26-3)17(21)11-16/h4-11H,12H2,1-3H3,(H2,22,23,24,25). The van der Waals surface area contributed by atoms with Crippen LogP contribution in [0.2, 0.25) is 5.02 Å². The topological polar surface area (TPSA) is 59.1 Å². The number of halogens is 1. The summed E-state index contributed by atoms with van der Waals surface area (Å²) in [6.45, 7) is 4.71. The number of hydrogen-bond donors (Lipinski definition) is 2. The monoisotopic (exact) mass is 368 g/mol. The summed E-state index contributed by atoms with van der Waals surface area (Å²) in [5.74, 6) is 1.90. The van der Waals surface area contributed by atoms with E-state index in [0.717, 1.165) is 17.2 Å². The number of hydrogen-bond acceptors (Lipinski definition) is 5. The summed E-state index contributed by atoms with van der Waals surface area (Å²) in [7, 11) is 1.59. The molecule has 0 aliphatic carbocycles. The Labute approximate surface area is 158 Å². The van der Waals surface area contributed by atoms with E-state index in [0.29, 0.717) is 23.3 Å². The highest BCUT2D eigenvalue weighted by atomic mass is 35.5. The highest BCUT2D eigenvalue weighted by Gasteiger charge is 2.06. The van der Waals surface area contributed by atoms with Gasteiger partial charge in [0.15, 0.2) is 0 Å². The number of aromatic nitrogens is 2. The van der Waals surface area contributed by atoms with Crippen LogP contribution in [0.3, 0.4) is 0 Å². The lowest BCUT2D eigenvalue weighted by atomic mass is 10.1. The molecule has 2 N–H and O–H groups in total. The summed E-state index contributed by atoms with van der Waals surface area (Å²) < 4.78 is 5.17. The van der Waals surface area contributed by atoms with Crippen LogP contribution in [0, 0.1) is 13.8 Å². The van der Waals surface area contributed by atoms with E-state index in [2.05, 4.69) is 51.8 Å². The van der Waals surface area contributed by atoms with Crippen molar-refractivity contribution in [2.75, 3.05) is 17.7 Å². The molecule has 0 spiro atoms. The molecule has 134 valence electrons. The van der Waals surface area contributed by atoms with Gasteiger partial charge in [-0.15, -0.1) is 0 Å². The Morgan fingerprint density at radius 3 is 2.46 bits per heavy atom. The van der Waals surface area contributed by atoms with Gasteiger partial charge in [-0.1, -0.05) is 41.4 Å². The van der Waals surface area contributed by atoms with Gasteiger partial charge in [0.1, 0.15) is 11.6 Å². The van der Waals surface area contributed by atoms with Crippen molar-refractivity contribution in [2.45, 2.75) is 20.4 Å². The van der Waals surface area contributed by atoms with Crippen molar-refractivity contribution in [1.29, 1.82) is 0 Å². The highest BCUT2D eigenvalue weighted by Crippen LogP contribution is 2.28. The van der Waals surface area contributed by atoms with Crippen molar-refractivity contribution in [2.24, 2.45) is 0 Å². The molecule has 0 atom stereocenters. The maximum atomic E-state index is 6.17. The van der Waals surface area contributed by atoms with Crippen molar-refractivity contribution in [3.63, 3.8) is 0 Å². The van der Waals surface area contributed by atoms with Gasteiger partial charge in [0.2, 0.25) is 5.95 Å². The number of nitrogens with one attached hydrogen (secondary N) is 2. The van der Waals surface area contributed by atoms with E-state index < -0.39 is 0 Å². The minimum atomic E-state index is 0.512. The van der Waals surface area contributed by atoms with E-state index in [9.17, 15) is 0 Å². The minimum Gasteiger partial charge on any atom is -0.495 e. The smallest absolute Gasteiger partial charge is 0.229 e. The Hall–Kier alpha value is -2.79. The van der Waals surface area contributed by atoms with Crippen LogP contribution in [0.15, 0.2) is 48.5 Å². The predicted octanol–water partition coefficient (Wildman–Crippen LogP) is 5.11. The Balaban J connectivity index is 1.72. The van der Waals surface area contributed by atoms with Crippen LogP contribution in [-0.2, 0) is 6.54 Å². The molecule has 0 radical (unpaired) electrons. The summed E-state index contributed by atoms with van der Waals surface area (Å²) in [4.78, 5) is 8.96. The van der Waals surface area contributed by atoms with Gasteiger partial charge >= 0.3 is 0 Å². The summed E-state index contributed by atoms with van der Waals surface area (Å²) in [6, 6.07) is 15.8. The molecule has 0 saturated carbocycles. The fourth-order valence-electron chi connectivity index (χ4n) is 2.49. The van der Waals surface area contributed by atoms with Gasteiger partial charge in [0, 0.05) is 24.0 Å². The van der Waals surface area contributed by atoms with Gasteiger partial charge in [0.25, 0.3) is 0 Å². The minimum absolute atomic E-state index is 0.512. The molecule has 0 fully saturated rings. The van der Waals surface area contributed by atoms with Crippen LogP contribution >= 0.6 is 11.6 Å². The molecule has 0 aliphatic rings. The van der Waals surface area contributed by atoms with Gasteiger partial charge in [-0.2, -0.15) is 4.98 Å². The van der Waals surface area contributed by atoms with Crippen LogP contribution in [0.1, 0.15) is 16.8 Å². The zero-order chi connectivity index (χ0) is 18.5. The third-order valence-corrected chi connectivity index (χ3v) is 4.15. The molecule has 3 aromatic rings. The zero-order valence-corrected chi connectivity index (χ0v) is 15.8. The second-order valence-corrected chi connectivity index (χ2v) is 6.44. The third kappa shape index (κ3) is 4.64. The first-order chi connectivity index (χ1) is 12.5. The molecule has 0 unspecified atom stereocenters. The molecular formula is C20H21ClN4O. The van der Waals surface area contributed by atoms with Gasteiger partial charge < -0.3 is 15.4 Å². The third-order valence-electron chi connectivity index (χ3n) is 3.86. The van der Waals surface area contributed by atoms with E-state index in [-0.39, 0.29) is 0 Å². The average Bonchev–Trinajstić information content (AvgIpc) is 2.61.